The van der Waals surface area contributed by atoms with Gasteiger partial charge in [0, 0.05) is 17.8 Å². The maximum Gasteiger partial charge on any atom is 0.137 e. The highest BCUT2D eigenvalue weighted by Crippen LogP contribution is 2.21. The Morgan fingerprint density at radius 3 is 2.86 bits per heavy atom. The Kier molecular flexibility index (Phi) is 4.65. The molecule has 114 valence electrons. The molecule has 1 unspecified atom stereocenters. The Hall–Kier alpha value is -1.98. The Morgan fingerprint density at radius 1 is 1.23 bits per heavy atom. The average molecular weight is 312 g/mol. The number of nitrogens with one attached hydrogen (secondary N) is 1. The first-order chi connectivity index (χ1) is 10.8. The molecule has 0 saturated heterocycles. The number of hydrogen-bond donors (Lipinski definition) is 2. The molecule has 2 aromatic heterocycles. The van der Waals surface area contributed by atoms with Crippen LogP contribution in [-0.4, -0.2) is 22.6 Å². The lowest BCUT2D eigenvalue weighted by atomic mass is 10.1. The van der Waals surface area contributed by atoms with Gasteiger partial charge in [0.15, 0.2) is 0 Å². The lowest BCUT2D eigenvalue weighted by molar-refractivity contribution is 0.782. The summed E-state index contributed by atoms with van der Waals surface area (Å²) < 4.78 is 0. The molecule has 3 N–H and O–H groups in total. The van der Waals surface area contributed by atoms with Crippen LogP contribution >= 0.6 is 11.3 Å². The minimum Gasteiger partial charge on any atom is -0.367 e. The summed E-state index contributed by atoms with van der Waals surface area (Å²) in [6.07, 6.45) is 1.67. The monoisotopic (exact) mass is 312 g/mol. The zero-order valence-corrected chi connectivity index (χ0v) is 13.4. The Morgan fingerprint density at radius 2 is 2.09 bits per heavy atom. The van der Waals surface area contributed by atoms with Gasteiger partial charge in [-0.25, -0.2) is 9.97 Å². The van der Waals surface area contributed by atoms with Crippen molar-refractivity contribution in [2.45, 2.75) is 25.8 Å². The molecule has 0 radical (unpaired) electrons. The van der Waals surface area contributed by atoms with Crippen molar-refractivity contribution in [1.82, 2.24) is 9.97 Å². The van der Waals surface area contributed by atoms with E-state index in [4.69, 9.17) is 5.73 Å². The lowest BCUT2D eigenvalue weighted by Gasteiger charge is -2.16. The maximum atomic E-state index is 5.65. The van der Waals surface area contributed by atoms with Crippen molar-refractivity contribution >= 4 is 28.1 Å². The van der Waals surface area contributed by atoms with Crippen molar-refractivity contribution in [3.63, 3.8) is 0 Å². The highest BCUT2D eigenvalue weighted by molar-refractivity contribution is 7.07. The first-order valence-electron chi connectivity index (χ1n) is 7.49. The lowest BCUT2D eigenvalue weighted by Crippen LogP contribution is -2.20. The molecule has 0 saturated carbocycles. The summed E-state index contributed by atoms with van der Waals surface area (Å²) in [7, 11) is 0. The quantitative estimate of drug-likeness (QED) is 0.733. The second-order valence-corrected chi connectivity index (χ2v) is 6.21. The van der Waals surface area contributed by atoms with Crippen molar-refractivity contribution in [3.05, 3.63) is 52.5 Å². The van der Waals surface area contributed by atoms with Crippen molar-refractivity contribution in [2.75, 3.05) is 11.9 Å². The summed E-state index contributed by atoms with van der Waals surface area (Å²) in [4.78, 5) is 9.24. The highest BCUT2D eigenvalue weighted by Gasteiger charge is 2.10. The van der Waals surface area contributed by atoms with Gasteiger partial charge in [-0.1, -0.05) is 12.1 Å². The van der Waals surface area contributed by atoms with Crippen LogP contribution in [0.2, 0.25) is 0 Å². The number of benzene rings is 1. The van der Waals surface area contributed by atoms with Crippen LogP contribution < -0.4 is 11.1 Å². The third-order valence-corrected chi connectivity index (χ3v) is 4.25. The molecule has 22 heavy (non-hydrogen) atoms. The molecule has 5 heteroatoms. The standard InChI is InChI=1S/C17H20N4S/c1-12(10-13-7-9-22-11-13)19-17-14-4-2-3-5-15(14)20-16(21-17)6-8-18/h2-5,7,9,11-12H,6,8,10,18H2,1H3,(H,19,20,21). The van der Waals surface area contributed by atoms with Crippen LogP contribution in [0.4, 0.5) is 5.82 Å². The average Bonchev–Trinajstić information content (AvgIpc) is 3.00. The van der Waals surface area contributed by atoms with Crippen LogP contribution in [0.15, 0.2) is 41.1 Å². The Bertz CT molecular complexity index is 740. The number of nitrogens with two attached hydrogens (primary N) is 1. The molecule has 1 aromatic carbocycles. The summed E-state index contributed by atoms with van der Waals surface area (Å²) in [6.45, 7) is 2.74. The van der Waals surface area contributed by atoms with E-state index in [-0.39, 0.29) is 0 Å². The molecule has 1 atom stereocenters. The largest absolute Gasteiger partial charge is 0.367 e. The van der Waals surface area contributed by atoms with Gasteiger partial charge in [0.2, 0.25) is 0 Å². The predicted molar refractivity (Wildman–Crippen MR) is 93.4 cm³/mol. The van der Waals surface area contributed by atoms with Crippen molar-refractivity contribution in [3.8, 4) is 0 Å². The molecule has 0 amide bonds. The minimum absolute atomic E-state index is 0.304. The summed E-state index contributed by atoms with van der Waals surface area (Å²) in [6, 6.07) is 10.6. The van der Waals surface area contributed by atoms with Gasteiger partial charge >= 0.3 is 0 Å². The summed E-state index contributed by atoms with van der Waals surface area (Å²) in [5.41, 5.74) is 7.96. The van der Waals surface area contributed by atoms with Gasteiger partial charge in [-0.15, -0.1) is 0 Å². The van der Waals surface area contributed by atoms with Gasteiger partial charge in [0.05, 0.1) is 5.52 Å². The molecule has 0 aliphatic carbocycles. The van der Waals surface area contributed by atoms with E-state index in [1.165, 1.54) is 5.56 Å². The molecule has 3 aromatic rings. The molecule has 0 bridgehead atoms. The van der Waals surface area contributed by atoms with E-state index in [2.05, 4.69) is 45.1 Å². The van der Waals surface area contributed by atoms with Crippen LogP contribution in [0.1, 0.15) is 18.3 Å². The summed E-state index contributed by atoms with van der Waals surface area (Å²) in [5.74, 6) is 1.70. The van der Waals surface area contributed by atoms with E-state index in [0.29, 0.717) is 19.0 Å². The van der Waals surface area contributed by atoms with Gasteiger partial charge < -0.3 is 11.1 Å². The first-order valence-corrected chi connectivity index (χ1v) is 8.44. The zero-order valence-electron chi connectivity index (χ0n) is 12.6. The Labute approximate surface area is 134 Å². The van der Waals surface area contributed by atoms with Crippen molar-refractivity contribution < 1.29 is 0 Å². The van der Waals surface area contributed by atoms with E-state index >= 15 is 0 Å². The summed E-state index contributed by atoms with van der Waals surface area (Å²) >= 11 is 1.73. The van der Waals surface area contributed by atoms with Gasteiger partial charge in [0.1, 0.15) is 11.6 Å². The Balaban J connectivity index is 1.87. The SMILES string of the molecule is CC(Cc1ccsc1)Nc1nc(CCN)nc2ccccc12. The zero-order chi connectivity index (χ0) is 15.4. The number of rotatable bonds is 6. The molecule has 0 fully saturated rings. The highest BCUT2D eigenvalue weighted by atomic mass is 32.1. The number of thiophene rings is 1. The molecule has 0 aliphatic heterocycles. The van der Waals surface area contributed by atoms with E-state index < -0.39 is 0 Å². The molecule has 2 heterocycles. The van der Waals surface area contributed by atoms with Gasteiger partial charge in [-0.05, 0) is 54.4 Å². The molecule has 0 spiro atoms. The molecular weight excluding hydrogens is 292 g/mol. The van der Waals surface area contributed by atoms with E-state index in [1.54, 1.807) is 11.3 Å². The minimum atomic E-state index is 0.304. The number of para-hydroxylation sites is 1. The second-order valence-electron chi connectivity index (χ2n) is 5.43. The fourth-order valence-corrected chi connectivity index (χ4v) is 3.20. The van der Waals surface area contributed by atoms with Crippen LogP contribution in [0.25, 0.3) is 10.9 Å². The molecule has 4 nitrogen and oxygen atoms in total. The van der Waals surface area contributed by atoms with Gasteiger partial charge in [-0.2, -0.15) is 11.3 Å². The number of fused-ring (bicyclic) bond motifs is 1. The van der Waals surface area contributed by atoms with Crippen LogP contribution in [0.5, 0.6) is 0 Å². The number of aromatic nitrogens is 2. The summed E-state index contributed by atoms with van der Waals surface area (Å²) in [5, 5.41) is 8.89. The molecule has 0 aliphatic rings. The topological polar surface area (TPSA) is 63.8 Å². The number of nitrogens with zero attached hydrogens (tertiary/aromatic N) is 2. The fourth-order valence-electron chi connectivity index (χ4n) is 2.52. The number of hydrogen-bond acceptors (Lipinski definition) is 5. The maximum absolute atomic E-state index is 5.65. The van der Waals surface area contributed by atoms with E-state index in [9.17, 15) is 0 Å². The van der Waals surface area contributed by atoms with Crippen LogP contribution in [-0.2, 0) is 12.8 Å². The van der Waals surface area contributed by atoms with E-state index in [0.717, 1.165) is 29.0 Å². The van der Waals surface area contributed by atoms with Crippen LogP contribution in [0.3, 0.4) is 0 Å². The first kappa shape index (κ1) is 14.9. The van der Waals surface area contributed by atoms with Crippen LogP contribution in [0, 0.1) is 0 Å². The van der Waals surface area contributed by atoms with Crippen molar-refractivity contribution in [1.29, 1.82) is 0 Å². The third-order valence-electron chi connectivity index (χ3n) is 3.52. The van der Waals surface area contributed by atoms with Crippen molar-refractivity contribution in [2.24, 2.45) is 5.73 Å². The molecular formula is C17H20N4S. The predicted octanol–water partition coefficient (Wildman–Crippen LogP) is 3.24. The molecule has 3 rings (SSSR count). The third kappa shape index (κ3) is 3.43. The van der Waals surface area contributed by atoms with Gasteiger partial charge in [0.25, 0.3) is 0 Å². The smallest absolute Gasteiger partial charge is 0.137 e. The normalized spacial score (nSPS) is 12.5. The van der Waals surface area contributed by atoms with Gasteiger partial charge in [-0.3, -0.25) is 0 Å². The number of anilines is 1. The second kappa shape index (κ2) is 6.85. The van der Waals surface area contributed by atoms with E-state index in [1.807, 2.05) is 18.2 Å². The fraction of sp³-hybridized carbons (Fsp3) is 0.294.